The van der Waals surface area contributed by atoms with E-state index in [0.29, 0.717) is 45.0 Å². The zero-order valence-corrected chi connectivity index (χ0v) is 29.5. The maximum absolute atomic E-state index is 13.5. The van der Waals surface area contributed by atoms with Gasteiger partial charge in [0, 0.05) is 46.1 Å². The number of carboxylic acid groups (broad SMARTS) is 1. The van der Waals surface area contributed by atoms with E-state index in [2.05, 4.69) is 34.1 Å². The van der Waals surface area contributed by atoms with Crippen LogP contribution in [0.2, 0.25) is 0 Å². The molecule has 51 heavy (non-hydrogen) atoms. The highest BCUT2D eigenvalue weighted by molar-refractivity contribution is 7.22. The van der Waals surface area contributed by atoms with Crippen LogP contribution in [0, 0.1) is 23.2 Å². The molecule has 6 aromatic rings. The summed E-state index contributed by atoms with van der Waals surface area (Å²) >= 11 is 1.40. The van der Waals surface area contributed by atoms with Crippen molar-refractivity contribution in [2.75, 3.05) is 5.32 Å². The Morgan fingerprint density at radius 2 is 1.65 bits per heavy atom. The first-order valence-electron chi connectivity index (χ1n) is 17.4. The Morgan fingerprint density at radius 1 is 0.882 bits per heavy atom. The van der Waals surface area contributed by atoms with Crippen molar-refractivity contribution in [2.45, 2.75) is 71.4 Å². The van der Waals surface area contributed by atoms with Crippen LogP contribution >= 0.6 is 11.3 Å². The van der Waals surface area contributed by atoms with Gasteiger partial charge in [-0.2, -0.15) is 5.10 Å². The minimum absolute atomic E-state index is 0.0496. The predicted molar refractivity (Wildman–Crippen MR) is 197 cm³/mol. The van der Waals surface area contributed by atoms with E-state index in [4.69, 9.17) is 5.10 Å². The van der Waals surface area contributed by atoms with E-state index in [0.717, 1.165) is 60.0 Å². The number of rotatable bonds is 7. The number of nitrogens with one attached hydrogen (secondary N) is 1. The summed E-state index contributed by atoms with van der Waals surface area (Å²) in [5, 5.41) is 30.8. The Morgan fingerprint density at radius 3 is 2.39 bits per heavy atom. The van der Waals surface area contributed by atoms with Gasteiger partial charge in [0.15, 0.2) is 10.8 Å². The molecule has 3 N–H and O–H groups in total. The normalized spacial score (nSPS) is 26.6. The van der Waals surface area contributed by atoms with E-state index < -0.39 is 11.6 Å². The van der Waals surface area contributed by atoms with Gasteiger partial charge < -0.3 is 10.2 Å². The van der Waals surface area contributed by atoms with Crippen LogP contribution in [0.3, 0.4) is 0 Å². The molecule has 10 rings (SSSR count). The van der Waals surface area contributed by atoms with Crippen LogP contribution < -0.4 is 5.32 Å². The molecule has 4 aliphatic rings. The van der Waals surface area contributed by atoms with Crippen LogP contribution in [0.4, 0.5) is 5.13 Å². The fourth-order valence-corrected chi connectivity index (χ4v) is 11.7. The van der Waals surface area contributed by atoms with Gasteiger partial charge in [0.05, 0.1) is 33.2 Å². The maximum atomic E-state index is 13.5. The largest absolute Gasteiger partial charge is 0.476 e. The van der Waals surface area contributed by atoms with E-state index in [9.17, 15) is 19.8 Å². The molecular weight excluding hydrogens is 661 g/mol. The average Bonchev–Trinajstić information content (AvgIpc) is 3.63. The molecule has 0 spiro atoms. The van der Waals surface area contributed by atoms with E-state index >= 15 is 0 Å². The number of anilines is 1. The van der Waals surface area contributed by atoms with Crippen molar-refractivity contribution in [2.24, 2.45) is 16.2 Å². The van der Waals surface area contributed by atoms with Gasteiger partial charge in [-0.1, -0.05) is 43.4 Å². The van der Waals surface area contributed by atoms with Gasteiger partial charge in [0.25, 0.3) is 5.91 Å². The van der Waals surface area contributed by atoms with Crippen molar-refractivity contribution in [1.82, 2.24) is 24.7 Å². The second kappa shape index (κ2) is 11.0. The minimum Gasteiger partial charge on any atom is -0.476 e. The van der Waals surface area contributed by atoms with Crippen LogP contribution in [0.15, 0.2) is 73.1 Å². The monoisotopic (exact) mass is 698 g/mol. The van der Waals surface area contributed by atoms with Crippen LogP contribution in [0.5, 0.6) is 0 Å². The predicted octanol–water partition coefficient (Wildman–Crippen LogP) is 8.14. The van der Waals surface area contributed by atoms with Crippen LogP contribution in [0.1, 0.15) is 78.9 Å². The summed E-state index contributed by atoms with van der Waals surface area (Å²) in [5.41, 5.74) is 4.46. The highest BCUT2D eigenvalue weighted by atomic mass is 32.1. The van der Waals surface area contributed by atoms with Gasteiger partial charge in [-0.05, 0) is 104 Å². The number of carboxylic acids is 1. The van der Waals surface area contributed by atoms with E-state index in [-0.39, 0.29) is 27.8 Å². The molecule has 4 fully saturated rings. The fraction of sp³-hybridized carbons (Fsp3) is 0.350. The zero-order valence-electron chi connectivity index (χ0n) is 28.7. The number of aliphatic hydroxyl groups is 1. The highest BCUT2D eigenvalue weighted by Crippen LogP contribution is 2.71. The van der Waals surface area contributed by atoms with Crippen molar-refractivity contribution in [1.29, 1.82) is 0 Å². The van der Waals surface area contributed by atoms with Gasteiger partial charge in [-0.25, -0.2) is 14.8 Å². The first-order chi connectivity index (χ1) is 24.3. The number of nitrogens with zero attached hydrogens (tertiary/aromatic N) is 5. The fourth-order valence-electron chi connectivity index (χ4n) is 10.8. The number of carbonyl (C=O) groups excluding carboxylic acids is 1. The van der Waals surface area contributed by atoms with Gasteiger partial charge in [-0.3, -0.25) is 19.8 Å². The molecule has 4 aromatic heterocycles. The molecule has 2 atom stereocenters. The van der Waals surface area contributed by atoms with Gasteiger partial charge in [0.1, 0.15) is 0 Å². The van der Waals surface area contributed by atoms with Crippen molar-refractivity contribution in [3.05, 3.63) is 90.0 Å². The number of hydrogen-bond donors (Lipinski definition) is 3. The molecule has 258 valence electrons. The second-order valence-corrected chi connectivity index (χ2v) is 17.2. The van der Waals surface area contributed by atoms with Gasteiger partial charge in [0.2, 0.25) is 0 Å². The first-order valence-corrected chi connectivity index (χ1v) is 18.2. The van der Waals surface area contributed by atoms with E-state index in [1.54, 1.807) is 36.7 Å². The second-order valence-electron chi connectivity index (χ2n) is 16.1. The summed E-state index contributed by atoms with van der Waals surface area (Å²) in [6.45, 7) is 7.34. The van der Waals surface area contributed by atoms with Gasteiger partial charge >= 0.3 is 5.97 Å². The number of pyridine rings is 2. The van der Waals surface area contributed by atoms with Gasteiger partial charge in [-0.15, -0.1) is 0 Å². The molecule has 2 unspecified atom stereocenters. The lowest BCUT2D eigenvalue weighted by Crippen LogP contribution is -2.63. The Labute approximate surface area is 298 Å². The molecule has 4 heterocycles. The molecule has 4 bridgehead atoms. The molecule has 2 aromatic carbocycles. The lowest BCUT2D eigenvalue weighted by atomic mass is 9.39. The number of thiazole rings is 1. The molecule has 11 heteroatoms. The SMILES string of the molecule is Cc1c(-c2ccc(-c3cnc4cccc(C(=O)Nc5nc6ccccc6s5)c4c3)nc2C(=O)O)cnn1CC12CC3(C)CC(C)(CC(O)(C3)C1)C2. The molecule has 0 radical (unpaired) electrons. The number of aromatic nitrogens is 5. The molecule has 0 saturated heterocycles. The van der Waals surface area contributed by atoms with Crippen LogP contribution in [-0.4, -0.2) is 52.4 Å². The zero-order chi connectivity index (χ0) is 35.3. The van der Waals surface area contributed by atoms with Crippen molar-refractivity contribution in [3.63, 3.8) is 0 Å². The molecule has 10 nitrogen and oxygen atoms in total. The first kappa shape index (κ1) is 31.9. The van der Waals surface area contributed by atoms with Crippen LogP contribution in [0.25, 0.3) is 43.5 Å². The average molecular weight is 699 g/mol. The lowest BCUT2D eigenvalue weighted by molar-refractivity contribution is -0.229. The van der Waals surface area contributed by atoms with Crippen molar-refractivity contribution in [3.8, 4) is 22.4 Å². The Balaban J connectivity index is 1.02. The van der Waals surface area contributed by atoms with E-state index in [1.807, 2.05) is 48.0 Å². The summed E-state index contributed by atoms with van der Waals surface area (Å²) < 4.78 is 2.98. The van der Waals surface area contributed by atoms with Crippen LogP contribution in [-0.2, 0) is 6.54 Å². The lowest BCUT2D eigenvalue weighted by Gasteiger charge is -2.68. The Kier molecular flexibility index (Phi) is 6.89. The summed E-state index contributed by atoms with van der Waals surface area (Å²) in [7, 11) is 0. The third-order valence-electron chi connectivity index (χ3n) is 11.4. The molecule has 0 aliphatic heterocycles. The number of carbonyl (C=O) groups is 2. The number of benzene rings is 2. The standard InChI is InChI=1S/C40H38N6O4S/c1-23-28(15-42-46(23)22-39-17-37(2)16-38(3,18-39)20-40(50,19-37)21-39)25-11-12-29(43-33(25)35(48)49)24-13-27-26(7-6-9-30(27)41-14-24)34(47)45-36-44-31-8-4-5-10-32(31)51-36/h4-15,50H,16-22H2,1-3H3,(H,48,49)(H,44,45,47). The number of para-hydroxylation sites is 1. The maximum Gasteiger partial charge on any atom is 0.355 e. The summed E-state index contributed by atoms with van der Waals surface area (Å²) in [6.07, 6.45) is 9.18. The topological polar surface area (TPSA) is 143 Å². The van der Waals surface area contributed by atoms with E-state index in [1.165, 1.54) is 11.3 Å². The summed E-state index contributed by atoms with van der Waals surface area (Å²) in [4.78, 5) is 40.0. The van der Waals surface area contributed by atoms with Crippen molar-refractivity contribution >= 4 is 49.5 Å². The Bertz CT molecular complexity index is 2350. The minimum atomic E-state index is -1.15. The molecular formula is C40H38N6O4S. The number of hydrogen-bond acceptors (Lipinski definition) is 8. The third-order valence-corrected chi connectivity index (χ3v) is 12.4. The van der Waals surface area contributed by atoms with Crippen molar-refractivity contribution < 1.29 is 19.8 Å². The smallest absolute Gasteiger partial charge is 0.355 e. The third kappa shape index (κ3) is 5.41. The number of fused-ring (bicyclic) bond motifs is 2. The summed E-state index contributed by atoms with van der Waals surface area (Å²) in [5.74, 6) is -1.46. The molecule has 4 aliphatic carbocycles. The highest BCUT2D eigenvalue weighted by Gasteiger charge is 2.65. The quantitative estimate of drug-likeness (QED) is 0.152. The molecule has 4 saturated carbocycles. The summed E-state index contributed by atoms with van der Waals surface area (Å²) in [6, 6.07) is 18.5. The Hall–Kier alpha value is -5.00. The number of aromatic carboxylic acids is 1. The number of amides is 1. The molecule has 1 amide bonds.